The number of nitro groups is 1. The maximum Gasteiger partial charge on any atom is 0.270 e. The fourth-order valence-corrected chi connectivity index (χ4v) is 4.15. The predicted molar refractivity (Wildman–Crippen MR) is 128 cm³/mol. The molecule has 2 aromatic carbocycles. The van der Waals surface area contributed by atoms with E-state index >= 15 is 0 Å². The number of nitro benzene ring substituents is 1. The SMILES string of the molecule is CN1CCN(c2ccc(Nc3ncc4c(n3)c3ccc([N+](=O)[O-])cc3c(=O)n4C)cc2)CC1. The number of hydrogen-bond donors (Lipinski definition) is 1. The lowest BCUT2D eigenvalue weighted by Crippen LogP contribution is -2.44. The lowest BCUT2D eigenvalue weighted by Gasteiger charge is -2.34. The van der Waals surface area contributed by atoms with Gasteiger partial charge in [-0.2, -0.15) is 0 Å². The first-order valence-electron chi connectivity index (χ1n) is 10.7. The summed E-state index contributed by atoms with van der Waals surface area (Å²) in [6, 6.07) is 12.4. The molecule has 0 bridgehead atoms. The molecule has 168 valence electrons. The van der Waals surface area contributed by atoms with Gasteiger partial charge in [-0.1, -0.05) is 0 Å². The molecule has 2 aromatic heterocycles. The number of nitrogens with one attached hydrogen (secondary N) is 1. The maximum absolute atomic E-state index is 12.7. The lowest BCUT2D eigenvalue weighted by molar-refractivity contribution is -0.384. The van der Waals surface area contributed by atoms with Crippen LogP contribution in [0.3, 0.4) is 0 Å². The second kappa shape index (κ2) is 8.14. The molecule has 1 fully saturated rings. The molecule has 0 aliphatic carbocycles. The third kappa shape index (κ3) is 3.85. The van der Waals surface area contributed by atoms with Crippen LogP contribution in [0.5, 0.6) is 0 Å². The minimum absolute atomic E-state index is 0.133. The van der Waals surface area contributed by atoms with Gasteiger partial charge in [0, 0.05) is 62.1 Å². The lowest BCUT2D eigenvalue weighted by atomic mass is 10.1. The largest absolute Gasteiger partial charge is 0.369 e. The molecular formula is C23H23N7O3. The third-order valence-corrected chi connectivity index (χ3v) is 6.13. The van der Waals surface area contributed by atoms with E-state index in [1.165, 1.54) is 22.4 Å². The van der Waals surface area contributed by atoms with Crippen LogP contribution in [0.15, 0.2) is 53.5 Å². The number of non-ortho nitro benzene ring substituents is 1. The van der Waals surface area contributed by atoms with Crippen LogP contribution in [0.2, 0.25) is 0 Å². The Labute approximate surface area is 189 Å². The van der Waals surface area contributed by atoms with Crippen molar-refractivity contribution < 1.29 is 4.92 Å². The molecule has 1 aliphatic heterocycles. The molecule has 4 aromatic rings. The number of hydrogen-bond acceptors (Lipinski definition) is 8. The standard InChI is InChI=1S/C23H23N7O3/c1-27-9-11-29(12-10-27)16-5-3-15(4-6-16)25-23-24-14-20-21(26-23)18-8-7-17(30(32)33)13-19(18)22(31)28(20)2/h3-8,13-14H,9-12H2,1-2H3,(H,24,25,26). The average Bonchev–Trinajstić information content (AvgIpc) is 2.83. The number of piperazine rings is 1. The van der Waals surface area contributed by atoms with E-state index in [9.17, 15) is 14.9 Å². The van der Waals surface area contributed by atoms with Gasteiger partial charge in [0.05, 0.1) is 22.0 Å². The summed E-state index contributed by atoms with van der Waals surface area (Å²) < 4.78 is 1.41. The highest BCUT2D eigenvalue weighted by atomic mass is 16.6. The second-order valence-electron chi connectivity index (χ2n) is 8.24. The molecular weight excluding hydrogens is 422 g/mol. The summed E-state index contributed by atoms with van der Waals surface area (Å²) in [4.78, 5) is 37.1. The Hall–Kier alpha value is -4.05. The monoisotopic (exact) mass is 445 g/mol. The molecule has 1 saturated heterocycles. The molecule has 10 heteroatoms. The van der Waals surface area contributed by atoms with E-state index in [1.54, 1.807) is 19.3 Å². The van der Waals surface area contributed by atoms with E-state index in [4.69, 9.17) is 0 Å². The number of benzene rings is 2. The van der Waals surface area contributed by atoms with Crippen molar-refractivity contribution in [1.82, 2.24) is 19.4 Å². The zero-order valence-corrected chi connectivity index (χ0v) is 18.4. The van der Waals surface area contributed by atoms with E-state index in [0.29, 0.717) is 22.4 Å². The topological polar surface area (TPSA) is 109 Å². The minimum atomic E-state index is -0.512. The van der Waals surface area contributed by atoms with E-state index in [-0.39, 0.29) is 16.6 Å². The first-order chi connectivity index (χ1) is 15.9. The van der Waals surface area contributed by atoms with Crippen molar-refractivity contribution >= 4 is 44.8 Å². The van der Waals surface area contributed by atoms with Crippen LogP contribution in [0, 0.1) is 10.1 Å². The van der Waals surface area contributed by atoms with Crippen LogP contribution in [-0.4, -0.2) is 57.6 Å². The fourth-order valence-electron chi connectivity index (χ4n) is 4.15. The summed E-state index contributed by atoms with van der Waals surface area (Å²) in [6.07, 6.45) is 1.59. The van der Waals surface area contributed by atoms with Crippen molar-refractivity contribution in [3.05, 3.63) is 69.1 Å². The molecule has 0 radical (unpaired) electrons. The summed E-state index contributed by atoms with van der Waals surface area (Å²) >= 11 is 0. The molecule has 0 unspecified atom stereocenters. The van der Waals surface area contributed by atoms with Gasteiger partial charge in [0.25, 0.3) is 11.2 Å². The third-order valence-electron chi connectivity index (χ3n) is 6.13. The molecule has 0 amide bonds. The van der Waals surface area contributed by atoms with Gasteiger partial charge in [0.1, 0.15) is 5.52 Å². The van der Waals surface area contributed by atoms with Gasteiger partial charge in [-0.05, 0) is 37.4 Å². The molecule has 1 N–H and O–H groups in total. The van der Waals surface area contributed by atoms with Crippen LogP contribution in [0.1, 0.15) is 0 Å². The number of anilines is 3. The summed E-state index contributed by atoms with van der Waals surface area (Å²) in [5.41, 5.74) is 2.66. The molecule has 5 rings (SSSR count). The molecule has 10 nitrogen and oxygen atoms in total. The Morgan fingerprint density at radius 2 is 1.73 bits per heavy atom. The van der Waals surface area contributed by atoms with E-state index in [2.05, 4.69) is 44.3 Å². The Kier molecular flexibility index (Phi) is 5.14. The minimum Gasteiger partial charge on any atom is -0.369 e. The zero-order chi connectivity index (χ0) is 23.1. The number of likely N-dealkylation sites (N-methyl/N-ethyl adjacent to an activating group) is 1. The van der Waals surface area contributed by atoms with Crippen molar-refractivity contribution in [3.63, 3.8) is 0 Å². The van der Waals surface area contributed by atoms with Gasteiger partial charge in [-0.15, -0.1) is 0 Å². The average molecular weight is 445 g/mol. The van der Waals surface area contributed by atoms with Crippen LogP contribution in [0.4, 0.5) is 23.0 Å². The number of pyridine rings is 1. The fraction of sp³-hybridized carbons (Fsp3) is 0.261. The Morgan fingerprint density at radius 1 is 1.00 bits per heavy atom. The summed E-state index contributed by atoms with van der Waals surface area (Å²) in [5.74, 6) is 0.383. The van der Waals surface area contributed by atoms with Gasteiger partial charge in [0.15, 0.2) is 0 Å². The number of fused-ring (bicyclic) bond motifs is 3. The highest BCUT2D eigenvalue weighted by Crippen LogP contribution is 2.26. The Balaban J connectivity index is 1.48. The van der Waals surface area contributed by atoms with Gasteiger partial charge in [-0.3, -0.25) is 14.9 Å². The highest BCUT2D eigenvalue weighted by Gasteiger charge is 2.16. The van der Waals surface area contributed by atoms with Gasteiger partial charge >= 0.3 is 0 Å². The van der Waals surface area contributed by atoms with Gasteiger partial charge in [0.2, 0.25) is 5.95 Å². The first-order valence-corrected chi connectivity index (χ1v) is 10.7. The highest BCUT2D eigenvalue weighted by molar-refractivity contribution is 6.04. The zero-order valence-electron chi connectivity index (χ0n) is 18.4. The van der Waals surface area contributed by atoms with Crippen LogP contribution in [0.25, 0.3) is 21.8 Å². The van der Waals surface area contributed by atoms with Crippen molar-refractivity contribution in [2.24, 2.45) is 7.05 Å². The molecule has 0 atom stereocenters. The Morgan fingerprint density at radius 3 is 2.42 bits per heavy atom. The van der Waals surface area contributed by atoms with Crippen molar-refractivity contribution in [2.75, 3.05) is 43.4 Å². The van der Waals surface area contributed by atoms with E-state index < -0.39 is 4.92 Å². The van der Waals surface area contributed by atoms with Crippen LogP contribution in [-0.2, 0) is 7.05 Å². The molecule has 33 heavy (non-hydrogen) atoms. The summed E-state index contributed by atoms with van der Waals surface area (Å²) in [6.45, 7) is 4.09. The van der Waals surface area contributed by atoms with E-state index in [0.717, 1.165) is 31.9 Å². The molecule has 0 spiro atoms. The van der Waals surface area contributed by atoms with E-state index in [1.807, 2.05) is 12.1 Å². The number of aryl methyl sites for hydroxylation is 1. The van der Waals surface area contributed by atoms with Gasteiger partial charge < -0.3 is 19.7 Å². The van der Waals surface area contributed by atoms with Gasteiger partial charge in [-0.25, -0.2) is 9.97 Å². The molecule has 0 saturated carbocycles. The van der Waals surface area contributed by atoms with Crippen molar-refractivity contribution in [1.29, 1.82) is 0 Å². The summed E-state index contributed by atoms with van der Waals surface area (Å²) in [5, 5.41) is 15.2. The maximum atomic E-state index is 12.7. The van der Waals surface area contributed by atoms with Crippen molar-refractivity contribution in [2.45, 2.75) is 0 Å². The van der Waals surface area contributed by atoms with Crippen molar-refractivity contribution in [3.8, 4) is 0 Å². The first kappa shape index (κ1) is 20.8. The summed E-state index contributed by atoms with van der Waals surface area (Å²) in [7, 11) is 3.74. The Bertz CT molecular complexity index is 1420. The predicted octanol–water partition coefficient (Wildman–Crippen LogP) is 2.89. The molecule has 3 heterocycles. The molecule has 1 aliphatic rings. The number of rotatable bonds is 4. The number of aromatic nitrogens is 3. The second-order valence-corrected chi connectivity index (χ2v) is 8.24. The number of nitrogens with zero attached hydrogens (tertiary/aromatic N) is 6. The van der Waals surface area contributed by atoms with Crippen LogP contribution >= 0.6 is 0 Å². The normalized spacial score (nSPS) is 14.7. The smallest absolute Gasteiger partial charge is 0.270 e. The quantitative estimate of drug-likeness (QED) is 0.290. The van der Waals surface area contributed by atoms with Crippen LogP contribution < -0.4 is 15.8 Å².